The molecule has 9 heteroatoms. The van der Waals surface area contributed by atoms with Crippen molar-refractivity contribution < 1.29 is 14.3 Å². The Morgan fingerprint density at radius 1 is 1.14 bits per heavy atom. The Morgan fingerprint density at radius 2 is 1.93 bits per heavy atom. The van der Waals surface area contributed by atoms with Crippen LogP contribution in [0.15, 0.2) is 48.8 Å². The lowest BCUT2D eigenvalue weighted by atomic mass is 10.3. The van der Waals surface area contributed by atoms with E-state index in [0.29, 0.717) is 27.8 Å². The lowest BCUT2D eigenvalue weighted by Gasteiger charge is -2.18. The standard InChI is InChI=1S/C20H19N5O3S/c1-24-11-9-14(23-24)19(26)25(12-13-6-4-5-10-21-13)20-22-17-15(27-2)7-8-16(28-3)18(17)29-20/h4-11H,12H2,1-3H3. The number of carbonyl (C=O) groups excluding carboxylic acids is 1. The number of carbonyl (C=O) groups is 1. The minimum Gasteiger partial charge on any atom is -0.495 e. The summed E-state index contributed by atoms with van der Waals surface area (Å²) >= 11 is 1.36. The number of aryl methyl sites for hydroxylation is 1. The highest BCUT2D eigenvalue weighted by Crippen LogP contribution is 2.40. The molecule has 3 heterocycles. The maximum atomic E-state index is 13.3. The van der Waals surface area contributed by atoms with Crippen molar-refractivity contribution in [2.75, 3.05) is 19.1 Å². The topological polar surface area (TPSA) is 82.4 Å². The second-order valence-electron chi connectivity index (χ2n) is 6.23. The fourth-order valence-corrected chi connectivity index (χ4v) is 4.01. The van der Waals surface area contributed by atoms with E-state index in [2.05, 4.69) is 10.1 Å². The van der Waals surface area contributed by atoms with Crippen LogP contribution in [0.3, 0.4) is 0 Å². The van der Waals surface area contributed by atoms with Gasteiger partial charge in [-0.05, 0) is 30.3 Å². The SMILES string of the molecule is COc1ccc(OC)c2sc(N(Cc3ccccn3)C(=O)c3ccn(C)n3)nc12. The Bertz CT molecular complexity index is 1110. The number of aromatic nitrogens is 4. The Morgan fingerprint density at radius 3 is 2.59 bits per heavy atom. The van der Waals surface area contributed by atoms with Gasteiger partial charge in [0.2, 0.25) is 0 Å². The van der Waals surface area contributed by atoms with Crippen LogP contribution in [0, 0.1) is 0 Å². The highest BCUT2D eigenvalue weighted by atomic mass is 32.1. The summed E-state index contributed by atoms with van der Waals surface area (Å²) in [7, 11) is 4.96. The first-order chi connectivity index (χ1) is 14.1. The number of methoxy groups -OCH3 is 2. The number of anilines is 1. The molecule has 0 saturated heterocycles. The molecule has 4 aromatic rings. The van der Waals surface area contributed by atoms with E-state index < -0.39 is 0 Å². The zero-order chi connectivity index (χ0) is 20.4. The van der Waals surface area contributed by atoms with E-state index in [9.17, 15) is 4.79 Å². The van der Waals surface area contributed by atoms with Gasteiger partial charge in [-0.3, -0.25) is 19.4 Å². The van der Waals surface area contributed by atoms with Gasteiger partial charge in [0.15, 0.2) is 10.8 Å². The van der Waals surface area contributed by atoms with E-state index in [1.165, 1.54) is 11.3 Å². The highest BCUT2D eigenvalue weighted by Gasteiger charge is 2.25. The fourth-order valence-electron chi connectivity index (χ4n) is 2.94. The molecule has 0 fully saturated rings. The van der Waals surface area contributed by atoms with Gasteiger partial charge in [-0.2, -0.15) is 5.10 Å². The zero-order valence-corrected chi connectivity index (χ0v) is 17.0. The highest BCUT2D eigenvalue weighted by molar-refractivity contribution is 7.22. The number of thiazole rings is 1. The maximum Gasteiger partial charge on any atom is 0.280 e. The molecule has 0 atom stereocenters. The summed E-state index contributed by atoms with van der Waals surface area (Å²) in [6.07, 6.45) is 3.43. The van der Waals surface area contributed by atoms with Crippen LogP contribution in [0.2, 0.25) is 0 Å². The summed E-state index contributed by atoms with van der Waals surface area (Å²) in [5, 5.41) is 4.77. The van der Waals surface area contributed by atoms with Crippen LogP contribution in [-0.4, -0.2) is 39.9 Å². The van der Waals surface area contributed by atoms with E-state index in [-0.39, 0.29) is 12.5 Å². The summed E-state index contributed by atoms with van der Waals surface area (Å²) < 4.78 is 13.3. The maximum absolute atomic E-state index is 13.3. The van der Waals surface area contributed by atoms with Crippen LogP contribution in [0.4, 0.5) is 5.13 Å². The molecule has 0 radical (unpaired) electrons. The van der Waals surface area contributed by atoms with E-state index in [1.807, 2.05) is 24.3 Å². The molecule has 0 aliphatic rings. The fraction of sp³-hybridized carbons (Fsp3) is 0.200. The average Bonchev–Trinajstić information content (AvgIpc) is 3.38. The smallest absolute Gasteiger partial charge is 0.280 e. The van der Waals surface area contributed by atoms with E-state index in [0.717, 1.165) is 10.4 Å². The minimum atomic E-state index is -0.256. The molecule has 0 N–H and O–H groups in total. The van der Waals surface area contributed by atoms with Gasteiger partial charge in [0, 0.05) is 19.4 Å². The number of hydrogen-bond acceptors (Lipinski definition) is 7. The van der Waals surface area contributed by atoms with E-state index in [4.69, 9.17) is 14.5 Å². The van der Waals surface area contributed by atoms with Crippen molar-refractivity contribution in [3.63, 3.8) is 0 Å². The molecule has 148 valence electrons. The molecule has 8 nitrogen and oxygen atoms in total. The first kappa shape index (κ1) is 18.9. The van der Waals surface area contributed by atoms with Crippen molar-refractivity contribution in [2.45, 2.75) is 6.54 Å². The lowest BCUT2D eigenvalue weighted by Crippen LogP contribution is -2.31. The number of benzene rings is 1. The van der Waals surface area contributed by atoms with Crippen LogP contribution in [-0.2, 0) is 13.6 Å². The Balaban J connectivity index is 1.83. The van der Waals surface area contributed by atoms with Gasteiger partial charge in [-0.1, -0.05) is 17.4 Å². The van der Waals surface area contributed by atoms with Crippen LogP contribution in [0.1, 0.15) is 16.2 Å². The second kappa shape index (κ2) is 7.88. The van der Waals surface area contributed by atoms with Gasteiger partial charge < -0.3 is 9.47 Å². The molecule has 0 saturated carbocycles. The summed E-state index contributed by atoms with van der Waals surface area (Å²) in [5.74, 6) is 1.03. The molecule has 0 bridgehead atoms. The second-order valence-corrected chi connectivity index (χ2v) is 7.21. The quantitative estimate of drug-likeness (QED) is 0.486. The van der Waals surface area contributed by atoms with Gasteiger partial charge in [0.1, 0.15) is 21.7 Å². The third-order valence-corrected chi connectivity index (χ3v) is 5.45. The van der Waals surface area contributed by atoms with Crippen molar-refractivity contribution in [1.82, 2.24) is 19.7 Å². The summed E-state index contributed by atoms with van der Waals surface area (Å²) in [4.78, 5) is 23.9. The van der Waals surface area contributed by atoms with Crippen LogP contribution < -0.4 is 14.4 Å². The molecule has 0 aliphatic heterocycles. The largest absolute Gasteiger partial charge is 0.495 e. The third kappa shape index (κ3) is 3.64. The van der Waals surface area contributed by atoms with Crippen molar-refractivity contribution in [2.24, 2.45) is 7.05 Å². The molecule has 4 rings (SSSR count). The number of amides is 1. The van der Waals surface area contributed by atoms with E-state index in [1.54, 1.807) is 55.4 Å². The molecule has 0 aliphatic carbocycles. The van der Waals surface area contributed by atoms with Gasteiger partial charge in [-0.25, -0.2) is 4.98 Å². The number of fused-ring (bicyclic) bond motifs is 1. The van der Waals surface area contributed by atoms with Crippen LogP contribution in [0.5, 0.6) is 11.5 Å². The number of hydrogen-bond donors (Lipinski definition) is 0. The van der Waals surface area contributed by atoms with Crippen molar-refractivity contribution in [1.29, 1.82) is 0 Å². The lowest BCUT2D eigenvalue weighted by molar-refractivity contribution is 0.0979. The molecule has 0 unspecified atom stereocenters. The molecule has 29 heavy (non-hydrogen) atoms. The summed E-state index contributed by atoms with van der Waals surface area (Å²) in [6.45, 7) is 0.265. The third-order valence-electron chi connectivity index (χ3n) is 4.35. The molecule has 1 amide bonds. The normalized spacial score (nSPS) is 10.9. The molecule has 1 aromatic carbocycles. The number of rotatable bonds is 6. The number of nitrogens with zero attached hydrogens (tertiary/aromatic N) is 5. The van der Waals surface area contributed by atoms with Crippen LogP contribution >= 0.6 is 11.3 Å². The predicted octanol–water partition coefficient (Wildman–Crippen LogP) is 3.29. The van der Waals surface area contributed by atoms with Gasteiger partial charge in [0.25, 0.3) is 5.91 Å². The number of pyridine rings is 1. The molecule has 0 spiro atoms. The Labute approximate surface area is 171 Å². The monoisotopic (exact) mass is 409 g/mol. The summed E-state index contributed by atoms with van der Waals surface area (Å²) in [6, 6.07) is 10.9. The van der Waals surface area contributed by atoms with Gasteiger partial charge in [0.05, 0.1) is 26.5 Å². The Hall–Kier alpha value is -3.46. The van der Waals surface area contributed by atoms with Crippen molar-refractivity contribution >= 4 is 32.6 Å². The summed E-state index contributed by atoms with van der Waals surface area (Å²) in [5.41, 5.74) is 1.73. The first-order valence-corrected chi connectivity index (χ1v) is 9.65. The predicted molar refractivity (Wildman–Crippen MR) is 111 cm³/mol. The number of ether oxygens (including phenoxy) is 2. The van der Waals surface area contributed by atoms with Gasteiger partial charge >= 0.3 is 0 Å². The first-order valence-electron chi connectivity index (χ1n) is 8.83. The molecule has 3 aromatic heterocycles. The minimum absolute atomic E-state index is 0.256. The average molecular weight is 409 g/mol. The van der Waals surface area contributed by atoms with Crippen molar-refractivity contribution in [3.8, 4) is 11.5 Å². The molecular formula is C20H19N5O3S. The van der Waals surface area contributed by atoms with Crippen molar-refractivity contribution in [3.05, 3.63) is 60.2 Å². The zero-order valence-electron chi connectivity index (χ0n) is 16.2. The van der Waals surface area contributed by atoms with Gasteiger partial charge in [-0.15, -0.1) is 0 Å². The molecular weight excluding hydrogens is 390 g/mol. The van der Waals surface area contributed by atoms with Crippen LogP contribution in [0.25, 0.3) is 10.2 Å². The Kier molecular flexibility index (Phi) is 5.13. The van der Waals surface area contributed by atoms with E-state index >= 15 is 0 Å².